The van der Waals surface area contributed by atoms with Gasteiger partial charge in [0, 0.05) is 18.7 Å². The molecule has 1 fully saturated rings. The molecule has 1 aromatic carbocycles. The first-order chi connectivity index (χ1) is 11.6. The molecule has 0 unspecified atom stereocenters. The number of rotatable bonds is 3. The van der Waals surface area contributed by atoms with Crippen LogP contribution in [-0.2, 0) is 10.7 Å². The lowest BCUT2D eigenvalue weighted by Gasteiger charge is -2.32. The Morgan fingerprint density at radius 1 is 1.16 bits per heavy atom. The van der Waals surface area contributed by atoms with Crippen molar-refractivity contribution in [3.05, 3.63) is 47.8 Å². The standard InChI is InChI=1S/C19H24F3NO2/c1-18(2,3)25-17(24)23-12-9-14(10-13-23)8-11-19(21,22)15-4-6-16(20)7-5-15/h4-8,11,14H,9-10,12-13H2,1-3H3/b11-8-. The summed E-state index contributed by atoms with van der Waals surface area (Å²) in [5.41, 5.74) is -0.790. The van der Waals surface area contributed by atoms with E-state index >= 15 is 0 Å². The first-order valence-electron chi connectivity index (χ1n) is 8.38. The van der Waals surface area contributed by atoms with Crippen LogP contribution in [0.2, 0.25) is 0 Å². The number of amides is 1. The highest BCUT2D eigenvalue weighted by molar-refractivity contribution is 5.68. The predicted molar refractivity (Wildman–Crippen MR) is 90.0 cm³/mol. The van der Waals surface area contributed by atoms with E-state index in [4.69, 9.17) is 4.74 Å². The van der Waals surface area contributed by atoms with Crippen LogP contribution in [-0.4, -0.2) is 29.7 Å². The molecule has 2 rings (SSSR count). The summed E-state index contributed by atoms with van der Waals surface area (Å²) in [6, 6.07) is 4.22. The molecular formula is C19H24F3NO2. The van der Waals surface area contributed by atoms with Crippen LogP contribution in [0.15, 0.2) is 36.4 Å². The largest absolute Gasteiger partial charge is 0.444 e. The first-order valence-corrected chi connectivity index (χ1v) is 8.38. The molecular weight excluding hydrogens is 331 g/mol. The SMILES string of the molecule is CC(C)(C)OC(=O)N1CCC(/C=C\C(F)(F)c2ccc(F)cc2)CC1. The first kappa shape index (κ1) is 19.3. The highest BCUT2D eigenvalue weighted by atomic mass is 19.3. The van der Waals surface area contributed by atoms with Crippen molar-refractivity contribution in [3.63, 3.8) is 0 Å². The van der Waals surface area contributed by atoms with Gasteiger partial charge >= 0.3 is 6.09 Å². The van der Waals surface area contributed by atoms with E-state index in [2.05, 4.69) is 0 Å². The van der Waals surface area contributed by atoms with Gasteiger partial charge in [-0.3, -0.25) is 0 Å². The fraction of sp³-hybridized carbons (Fsp3) is 0.526. The minimum absolute atomic E-state index is 0.0231. The lowest BCUT2D eigenvalue weighted by Crippen LogP contribution is -2.41. The molecule has 25 heavy (non-hydrogen) atoms. The maximum atomic E-state index is 14.1. The van der Waals surface area contributed by atoms with Crippen LogP contribution < -0.4 is 0 Å². The van der Waals surface area contributed by atoms with Crippen LogP contribution >= 0.6 is 0 Å². The van der Waals surface area contributed by atoms with Crippen LogP contribution in [0.5, 0.6) is 0 Å². The molecule has 0 spiro atoms. The van der Waals surface area contributed by atoms with E-state index in [-0.39, 0.29) is 17.6 Å². The summed E-state index contributed by atoms with van der Waals surface area (Å²) >= 11 is 0. The average molecular weight is 355 g/mol. The molecule has 0 aliphatic carbocycles. The maximum absolute atomic E-state index is 14.1. The third kappa shape index (κ3) is 5.80. The zero-order valence-corrected chi connectivity index (χ0v) is 14.8. The van der Waals surface area contributed by atoms with E-state index in [1.54, 1.807) is 25.7 Å². The third-order valence-electron chi connectivity index (χ3n) is 4.00. The molecule has 1 saturated heterocycles. The maximum Gasteiger partial charge on any atom is 0.410 e. The number of carbonyl (C=O) groups is 1. The summed E-state index contributed by atoms with van der Waals surface area (Å²) in [6.45, 7) is 6.37. The Morgan fingerprint density at radius 2 is 1.72 bits per heavy atom. The molecule has 0 aromatic heterocycles. The highest BCUT2D eigenvalue weighted by Gasteiger charge is 2.30. The Labute approximate surface area is 146 Å². The molecule has 1 heterocycles. The quantitative estimate of drug-likeness (QED) is 0.704. The summed E-state index contributed by atoms with van der Waals surface area (Å²) in [7, 11) is 0. The zero-order chi connectivity index (χ0) is 18.7. The molecule has 6 heteroatoms. The Balaban J connectivity index is 1.89. The van der Waals surface area contributed by atoms with Gasteiger partial charge in [0.05, 0.1) is 0 Å². The van der Waals surface area contributed by atoms with Gasteiger partial charge in [-0.15, -0.1) is 0 Å². The van der Waals surface area contributed by atoms with Gasteiger partial charge in [-0.05, 0) is 69.9 Å². The Bertz CT molecular complexity index is 613. The zero-order valence-electron chi connectivity index (χ0n) is 14.8. The van der Waals surface area contributed by atoms with E-state index in [0.29, 0.717) is 25.9 Å². The molecule has 0 radical (unpaired) electrons. The van der Waals surface area contributed by atoms with Crippen molar-refractivity contribution < 1.29 is 22.7 Å². The molecule has 1 aromatic rings. The van der Waals surface area contributed by atoms with E-state index in [0.717, 1.165) is 30.3 Å². The van der Waals surface area contributed by atoms with Gasteiger partial charge < -0.3 is 9.64 Å². The van der Waals surface area contributed by atoms with Crippen LogP contribution in [0.1, 0.15) is 39.2 Å². The van der Waals surface area contributed by atoms with Crippen LogP contribution in [0.3, 0.4) is 0 Å². The number of alkyl halides is 2. The molecule has 1 amide bonds. The number of carbonyl (C=O) groups excluding carboxylic acids is 1. The van der Waals surface area contributed by atoms with Gasteiger partial charge in [0.2, 0.25) is 0 Å². The van der Waals surface area contributed by atoms with Crippen LogP contribution in [0.4, 0.5) is 18.0 Å². The number of hydrogen-bond acceptors (Lipinski definition) is 2. The van der Waals surface area contributed by atoms with Crippen molar-refractivity contribution >= 4 is 6.09 Å². The summed E-state index contributed by atoms with van der Waals surface area (Å²) in [5, 5.41) is 0. The number of allylic oxidation sites excluding steroid dienone is 2. The topological polar surface area (TPSA) is 29.5 Å². The molecule has 3 nitrogen and oxygen atoms in total. The van der Waals surface area contributed by atoms with Crippen molar-refractivity contribution in [1.29, 1.82) is 0 Å². The van der Waals surface area contributed by atoms with Crippen LogP contribution in [0, 0.1) is 11.7 Å². The summed E-state index contributed by atoms with van der Waals surface area (Å²) in [4.78, 5) is 13.6. The number of halogens is 3. The number of piperidine rings is 1. The minimum Gasteiger partial charge on any atom is -0.444 e. The molecule has 1 aliphatic heterocycles. The monoisotopic (exact) mass is 355 g/mol. The van der Waals surface area contributed by atoms with Gasteiger partial charge in [0.25, 0.3) is 5.92 Å². The Kier molecular flexibility index (Phi) is 5.80. The predicted octanol–water partition coefficient (Wildman–Crippen LogP) is 5.12. The van der Waals surface area contributed by atoms with E-state index in [1.165, 1.54) is 6.08 Å². The average Bonchev–Trinajstić information content (AvgIpc) is 2.52. The van der Waals surface area contributed by atoms with Gasteiger partial charge in [-0.1, -0.05) is 6.08 Å². The van der Waals surface area contributed by atoms with Gasteiger partial charge in [0.15, 0.2) is 0 Å². The molecule has 0 saturated carbocycles. The summed E-state index contributed by atoms with van der Waals surface area (Å²) in [5.74, 6) is -3.71. The highest BCUT2D eigenvalue weighted by Crippen LogP contribution is 2.31. The van der Waals surface area contributed by atoms with Gasteiger partial charge in [-0.2, -0.15) is 8.78 Å². The minimum atomic E-state index is -3.14. The molecule has 1 aliphatic rings. The molecule has 0 atom stereocenters. The van der Waals surface area contributed by atoms with Crippen molar-refractivity contribution in [1.82, 2.24) is 4.90 Å². The van der Waals surface area contributed by atoms with Crippen molar-refractivity contribution in [2.24, 2.45) is 5.92 Å². The second-order valence-electron chi connectivity index (χ2n) is 7.29. The fourth-order valence-electron chi connectivity index (χ4n) is 2.63. The van der Waals surface area contributed by atoms with Crippen LogP contribution in [0.25, 0.3) is 0 Å². The number of likely N-dealkylation sites (tertiary alicyclic amines) is 1. The number of hydrogen-bond donors (Lipinski definition) is 0. The second kappa shape index (κ2) is 7.50. The number of nitrogens with zero attached hydrogens (tertiary/aromatic N) is 1. The van der Waals surface area contributed by atoms with Gasteiger partial charge in [0.1, 0.15) is 11.4 Å². The van der Waals surface area contributed by atoms with E-state index in [1.807, 2.05) is 0 Å². The van der Waals surface area contributed by atoms with E-state index < -0.39 is 17.3 Å². The van der Waals surface area contributed by atoms with E-state index in [9.17, 15) is 18.0 Å². The molecule has 138 valence electrons. The second-order valence-corrected chi connectivity index (χ2v) is 7.29. The lowest BCUT2D eigenvalue weighted by molar-refractivity contribution is 0.0193. The molecule has 0 bridgehead atoms. The third-order valence-corrected chi connectivity index (χ3v) is 4.00. The summed E-state index contributed by atoms with van der Waals surface area (Å²) < 4.78 is 46.4. The Hall–Kier alpha value is -1.98. The molecule has 0 N–H and O–H groups in total. The van der Waals surface area contributed by atoms with Gasteiger partial charge in [-0.25, -0.2) is 9.18 Å². The Morgan fingerprint density at radius 3 is 2.24 bits per heavy atom. The van der Waals surface area contributed by atoms with Crippen molar-refractivity contribution in [2.75, 3.05) is 13.1 Å². The smallest absolute Gasteiger partial charge is 0.410 e. The normalized spacial score (nSPS) is 17.1. The number of benzene rings is 1. The van der Waals surface area contributed by atoms with Crippen molar-refractivity contribution in [3.8, 4) is 0 Å². The fourth-order valence-corrected chi connectivity index (χ4v) is 2.63. The lowest BCUT2D eigenvalue weighted by atomic mass is 9.95. The summed E-state index contributed by atoms with van der Waals surface area (Å²) in [6.07, 6.45) is 3.21. The van der Waals surface area contributed by atoms with Crippen molar-refractivity contribution in [2.45, 2.75) is 45.1 Å². The number of ether oxygens (including phenoxy) is 1.